The van der Waals surface area contributed by atoms with E-state index in [0.29, 0.717) is 10.1 Å². The summed E-state index contributed by atoms with van der Waals surface area (Å²) in [6.45, 7) is 9.82. The van der Waals surface area contributed by atoms with Gasteiger partial charge in [0.25, 0.3) is 0 Å². The molecule has 0 aliphatic heterocycles. The number of thiophene rings is 1. The van der Waals surface area contributed by atoms with Crippen molar-refractivity contribution in [1.29, 1.82) is 0 Å². The Morgan fingerprint density at radius 3 is 2.60 bits per heavy atom. The predicted molar refractivity (Wildman–Crippen MR) is 85.6 cm³/mol. The van der Waals surface area contributed by atoms with Gasteiger partial charge in [-0.1, -0.05) is 27.2 Å². The third-order valence-electron chi connectivity index (χ3n) is 3.49. The van der Waals surface area contributed by atoms with Crippen LogP contribution >= 0.6 is 11.3 Å². The first kappa shape index (κ1) is 17.6. The summed E-state index contributed by atoms with van der Waals surface area (Å²) in [5.74, 6) is 0.329. The van der Waals surface area contributed by atoms with Gasteiger partial charge in [0.05, 0.1) is 0 Å². The molecule has 0 saturated heterocycles. The minimum Gasteiger partial charge on any atom is -0.313 e. The van der Waals surface area contributed by atoms with Crippen molar-refractivity contribution in [2.75, 3.05) is 6.54 Å². The van der Waals surface area contributed by atoms with Crippen LogP contribution in [-0.2, 0) is 16.6 Å². The van der Waals surface area contributed by atoms with Gasteiger partial charge in [0.15, 0.2) is 0 Å². The number of hydrogen-bond donors (Lipinski definition) is 2. The third-order valence-corrected chi connectivity index (χ3v) is 6.54. The van der Waals surface area contributed by atoms with Crippen molar-refractivity contribution < 1.29 is 8.42 Å². The van der Waals surface area contributed by atoms with Crippen LogP contribution in [0.3, 0.4) is 0 Å². The van der Waals surface area contributed by atoms with Crippen molar-refractivity contribution in [2.45, 2.75) is 57.3 Å². The molecule has 0 aliphatic carbocycles. The van der Waals surface area contributed by atoms with Crippen LogP contribution in [0.2, 0.25) is 0 Å². The minimum absolute atomic E-state index is 0.0474. The lowest BCUT2D eigenvalue weighted by Crippen LogP contribution is -2.36. The maximum Gasteiger partial charge on any atom is 0.250 e. The first-order chi connectivity index (χ1) is 9.40. The van der Waals surface area contributed by atoms with E-state index in [9.17, 15) is 8.42 Å². The topological polar surface area (TPSA) is 58.2 Å². The van der Waals surface area contributed by atoms with Gasteiger partial charge in [-0.3, -0.25) is 0 Å². The first-order valence-electron chi connectivity index (χ1n) is 7.21. The summed E-state index contributed by atoms with van der Waals surface area (Å²) in [5, 5.41) is 5.18. The van der Waals surface area contributed by atoms with Gasteiger partial charge in [0.1, 0.15) is 4.21 Å². The zero-order chi connectivity index (χ0) is 15.2. The molecule has 2 N–H and O–H groups in total. The molecule has 0 fully saturated rings. The lowest BCUT2D eigenvalue weighted by molar-refractivity contribution is 0.434. The first-order valence-corrected chi connectivity index (χ1v) is 9.57. The molecule has 1 aromatic heterocycles. The fraction of sp³-hybridized carbons (Fsp3) is 0.714. The molecule has 0 radical (unpaired) electrons. The van der Waals surface area contributed by atoms with Crippen LogP contribution in [0.25, 0.3) is 0 Å². The molecule has 6 heteroatoms. The number of nitrogens with one attached hydrogen (secondary N) is 2. The SMILES string of the molecule is CCCNCc1csc(S(=O)(=O)NC(C)C(C)CC)c1. The molecule has 0 saturated carbocycles. The van der Waals surface area contributed by atoms with Crippen molar-refractivity contribution in [1.82, 2.24) is 10.0 Å². The average Bonchev–Trinajstić information content (AvgIpc) is 2.87. The van der Waals surface area contributed by atoms with Crippen molar-refractivity contribution in [2.24, 2.45) is 5.92 Å². The Bertz CT molecular complexity index is 497. The normalized spacial score (nSPS) is 15.2. The fourth-order valence-corrected chi connectivity index (χ4v) is 4.35. The van der Waals surface area contributed by atoms with Crippen LogP contribution < -0.4 is 10.0 Å². The number of rotatable bonds is 9. The van der Waals surface area contributed by atoms with E-state index in [1.165, 1.54) is 11.3 Å². The molecule has 2 atom stereocenters. The summed E-state index contributed by atoms with van der Waals surface area (Å²) in [4.78, 5) is 0. The zero-order valence-corrected chi connectivity index (χ0v) is 14.4. The smallest absolute Gasteiger partial charge is 0.250 e. The van der Waals surface area contributed by atoms with Gasteiger partial charge >= 0.3 is 0 Å². The molecule has 20 heavy (non-hydrogen) atoms. The highest BCUT2D eigenvalue weighted by molar-refractivity contribution is 7.91. The van der Waals surface area contributed by atoms with Crippen molar-refractivity contribution in [3.63, 3.8) is 0 Å². The second-order valence-corrected chi connectivity index (χ2v) is 8.10. The Labute approximate surface area is 127 Å². The quantitative estimate of drug-likeness (QED) is 0.688. The number of hydrogen-bond acceptors (Lipinski definition) is 4. The van der Waals surface area contributed by atoms with E-state index in [1.54, 1.807) is 6.07 Å². The molecular weight excluding hydrogens is 292 g/mol. The predicted octanol–water partition coefficient (Wildman–Crippen LogP) is 2.96. The van der Waals surface area contributed by atoms with Gasteiger partial charge in [0.2, 0.25) is 10.0 Å². The Morgan fingerprint density at radius 1 is 1.30 bits per heavy atom. The molecule has 1 rings (SSSR count). The molecule has 0 spiro atoms. The zero-order valence-electron chi connectivity index (χ0n) is 12.8. The molecule has 4 nitrogen and oxygen atoms in total. The molecule has 0 aliphatic rings. The highest BCUT2D eigenvalue weighted by Gasteiger charge is 2.21. The maximum absolute atomic E-state index is 12.3. The van der Waals surface area contributed by atoms with Crippen LogP contribution in [0, 0.1) is 5.92 Å². The molecule has 0 bridgehead atoms. The summed E-state index contributed by atoms with van der Waals surface area (Å²) in [7, 11) is -3.38. The summed E-state index contributed by atoms with van der Waals surface area (Å²) >= 11 is 1.29. The lowest BCUT2D eigenvalue weighted by atomic mass is 10.0. The molecule has 0 amide bonds. The fourth-order valence-electron chi connectivity index (χ4n) is 1.77. The van der Waals surface area contributed by atoms with Crippen LogP contribution in [0.5, 0.6) is 0 Å². The lowest BCUT2D eigenvalue weighted by Gasteiger charge is -2.19. The standard InChI is InChI=1S/C14H26N2O2S2/c1-5-7-15-9-13-8-14(19-10-13)20(17,18)16-12(4)11(3)6-2/h8,10-12,15-16H,5-7,9H2,1-4H3. The van der Waals surface area contributed by atoms with Crippen LogP contribution in [-0.4, -0.2) is 21.0 Å². The third kappa shape index (κ3) is 5.16. The van der Waals surface area contributed by atoms with E-state index >= 15 is 0 Å². The van der Waals surface area contributed by atoms with E-state index in [1.807, 2.05) is 12.3 Å². The van der Waals surface area contributed by atoms with Crippen LogP contribution in [0.1, 0.15) is 46.1 Å². The van der Waals surface area contributed by atoms with Gasteiger partial charge in [-0.25, -0.2) is 13.1 Å². The molecule has 0 aromatic carbocycles. The highest BCUT2D eigenvalue weighted by Crippen LogP contribution is 2.21. The average molecular weight is 319 g/mol. The van der Waals surface area contributed by atoms with Crippen LogP contribution in [0.4, 0.5) is 0 Å². The van der Waals surface area contributed by atoms with E-state index in [2.05, 4.69) is 30.8 Å². The largest absolute Gasteiger partial charge is 0.313 e. The molecular formula is C14H26N2O2S2. The Hall–Kier alpha value is -0.430. The molecule has 116 valence electrons. The number of sulfonamides is 1. The molecule has 2 unspecified atom stereocenters. The maximum atomic E-state index is 12.3. The Balaban J connectivity index is 2.68. The summed E-state index contributed by atoms with van der Waals surface area (Å²) in [5.41, 5.74) is 1.03. The van der Waals surface area contributed by atoms with Gasteiger partial charge < -0.3 is 5.32 Å². The van der Waals surface area contributed by atoms with E-state index < -0.39 is 10.0 Å². The Kier molecular flexibility index (Phi) is 7.15. The second-order valence-electron chi connectivity index (χ2n) is 5.25. The minimum atomic E-state index is -3.38. The Morgan fingerprint density at radius 2 is 2.00 bits per heavy atom. The van der Waals surface area contributed by atoms with Crippen LogP contribution in [0.15, 0.2) is 15.7 Å². The van der Waals surface area contributed by atoms with Gasteiger partial charge in [-0.2, -0.15) is 0 Å². The van der Waals surface area contributed by atoms with E-state index in [-0.39, 0.29) is 6.04 Å². The van der Waals surface area contributed by atoms with Crippen molar-refractivity contribution in [3.8, 4) is 0 Å². The summed E-state index contributed by atoms with van der Waals surface area (Å²) in [6, 6.07) is 1.72. The summed E-state index contributed by atoms with van der Waals surface area (Å²) < 4.78 is 27.7. The van der Waals surface area contributed by atoms with E-state index in [4.69, 9.17) is 0 Å². The van der Waals surface area contributed by atoms with Crippen molar-refractivity contribution in [3.05, 3.63) is 17.0 Å². The summed E-state index contributed by atoms with van der Waals surface area (Å²) in [6.07, 6.45) is 2.03. The highest BCUT2D eigenvalue weighted by atomic mass is 32.2. The molecule has 1 heterocycles. The second kappa shape index (κ2) is 8.12. The molecule has 1 aromatic rings. The van der Waals surface area contributed by atoms with Gasteiger partial charge in [-0.05, 0) is 42.8 Å². The van der Waals surface area contributed by atoms with Gasteiger partial charge in [0, 0.05) is 12.6 Å². The van der Waals surface area contributed by atoms with Gasteiger partial charge in [-0.15, -0.1) is 11.3 Å². The van der Waals surface area contributed by atoms with Crippen molar-refractivity contribution >= 4 is 21.4 Å². The van der Waals surface area contributed by atoms with E-state index in [0.717, 1.165) is 31.5 Å². The monoisotopic (exact) mass is 318 g/mol.